The van der Waals surface area contributed by atoms with E-state index < -0.39 is 17.7 Å². The van der Waals surface area contributed by atoms with E-state index in [-0.39, 0.29) is 17.3 Å². The van der Waals surface area contributed by atoms with Crippen molar-refractivity contribution in [2.45, 2.75) is 12.3 Å². The Morgan fingerprint density at radius 2 is 2.29 bits per heavy atom. The van der Waals surface area contributed by atoms with Crippen LogP contribution >= 0.6 is 11.6 Å². The highest BCUT2D eigenvalue weighted by Gasteiger charge is 2.21. The summed E-state index contributed by atoms with van der Waals surface area (Å²) in [7, 11) is 1.30. The summed E-state index contributed by atoms with van der Waals surface area (Å²) >= 11 is 5.47. The molecule has 0 unspecified atom stereocenters. The number of ether oxygens (including phenoxy) is 1. The summed E-state index contributed by atoms with van der Waals surface area (Å²) in [5.41, 5.74) is -0.504. The van der Waals surface area contributed by atoms with Crippen molar-refractivity contribution in [2.75, 3.05) is 7.11 Å². The summed E-state index contributed by atoms with van der Waals surface area (Å²) in [6, 6.07) is 0. The van der Waals surface area contributed by atoms with Crippen molar-refractivity contribution < 1.29 is 18.6 Å². The van der Waals surface area contributed by atoms with Crippen LogP contribution in [0.1, 0.15) is 17.6 Å². The van der Waals surface area contributed by atoms with E-state index in [1.54, 1.807) is 0 Å². The Morgan fingerprint density at radius 3 is 2.71 bits per heavy atom. The van der Waals surface area contributed by atoms with E-state index in [4.69, 9.17) is 21.4 Å². The third-order valence-electron chi connectivity index (χ3n) is 1.71. The Bertz CT molecular complexity index is 333. The summed E-state index contributed by atoms with van der Waals surface area (Å²) in [5.74, 6) is -0.755. The van der Waals surface area contributed by atoms with E-state index in [0.717, 1.165) is 6.20 Å². The van der Waals surface area contributed by atoms with Crippen LogP contribution in [0, 0.1) is 0 Å². The Kier molecular flexibility index (Phi) is 3.46. The van der Waals surface area contributed by atoms with Crippen molar-refractivity contribution in [3.63, 3.8) is 0 Å². The van der Waals surface area contributed by atoms with Crippen LogP contribution in [0.5, 0.6) is 11.6 Å². The first-order valence-electron chi connectivity index (χ1n) is 3.70. The SMILES string of the molecule is COc1ncc(O)c(C(F)F)c1CCl. The van der Waals surface area contributed by atoms with E-state index >= 15 is 0 Å². The van der Waals surface area contributed by atoms with Gasteiger partial charge >= 0.3 is 0 Å². The molecule has 0 saturated carbocycles. The number of aromatic hydroxyl groups is 1. The molecule has 0 radical (unpaired) electrons. The van der Waals surface area contributed by atoms with Gasteiger partial charge in [0.15, 0.2) is 0 Å². The molecule has 6 heteroatoms. The molecule has 1 rings (SSSR count). The number of alkyl halides is 3. The minimum absolute atomic E-state index is 0.00750. The molecule has 0 amide bonds. The molecule has 0 saturated heterocycles. The van der Waals surface area contributed by atoms with Gasteiger partial charge in [-0.15, -0.1) is 11.6 Å². The summed E-state index contributed by atoms with van der Waals surface area (Å²) in [6.45, 7) is 0. The van der Waals surface area contributed by atoms with Crippen molar-refractivity contribution in [1.82, 2.24) is 4.98 Å². The third-order valence-corrected chi connectivity index (χ3v) is 1.98. The zero-order valence-corrected chi connectivity index (χ0v) is 8.05. The molecule has 1 N–H and O–H groups in total. The van der Waals surface area contributed by atoms with Gasteiger partial charge in [-0.05, 0) is 0 Å². The molecule has 0 aliphatic heterocycles. The largest absolute Gasteiger partial charge is 0.506 e. The second-order valence-electron chi connectivity index (χ2n) is 2.48. The lowest BCUT2D eigenvalue weighted by atomic mass is 10.1. The highest BCUT2D eigenvalue weighted by atomic mass is 35.5. The van der Waals surface area contributed by atoms with Crippen LogP contribution in [0.25, 0.3) is 0 Å². The smallest absolute Gasteiger partial charge is 0.267 e. The average molecular weight is 224 g/mol. The fourth-order valence-corrected chi connectivity index (χ4v) is 1.34. The maximum atomic E-state index is 12.5. The summed E-state index contributed by atoms with van der Waals surface area (Å²) in [4.78, 5) is 3.62. The van der Waals surface area contributed by atoms with Gasteiger partial charge in [-0.3, -0.25) is 0 Å². The van der Waals surface area contributed by atoms with Crippen LogP contribution in [0.3, 0.4) is 0 Å². The van der Waals surface area contributed by atoms with E-state index in [0.29, 0.717) is 0 Å². The molecule has 0 fully saturated rings. The van der Waals surface area contributed by atoms with Crippen molar-refractivity contribution >= 4 is 11.6 Å². The monoisotopic (exact) mass is 223 g/mol. The lowest BCUT2D eigenvalue weighted by Crippen LogP contribution is -2.00. The van der Waals surface area contributed by atoms with E-state index in [1.165, 1.54) is 7.11 Å². The van der Waals surface area contributed by atoms with Crippen molar-refractivity contribution in [2.24, 2.45) is 0 Å². The van der Waals surface area contributed by atoms with E-state index in [2.05, 4.69) is 4.98 Å². The molecule has 1 heterocycles. The average Bonchev–Trinajstić information content (AvgIpc) is 2.16. The number of nitrogens with zero attached hydrogens (tertiary/aromatic N) is 1. The van der Waals surface area contributed by atoms with Gasteiger partial charge in [-0.1, -0.05) is 0 Å². The number of rotatable bonds is 3. The van der Waals surface area contributed by atoms with Crippen LogP contribution in [-0.4, -0.2) is 17.2 Å². The number of pyridine rings is 1. The summed E-state index contributed by atoms with van der Waals surface area (Å²) in [6.07, 6.45) is -1.89. The number of hydrogen-bond acceptors (Lipinski definition) is 3. The maximum Gasteiger partial charge on any atom is 0.267 e. The summed E-state index contributed by atoms with van der Waals surface area (Å²) in [5, 5.41) is 9.16. The predicted octanol–water partition coefficient (Wildman–Crippen LogP) is 2.47. The molecule has 0 spiro atoms. The topological polar surface area (TPSA) is 42.4 Å². The Hall–Kier alpha value is -1.10. The van der Waals surface area contributed by atoms with Crippen molar-refractivity contribution in [3.05, 3.63) is 17.3 Å². The molecule has 0 atom stereocenters. The maximum absolute atomic E-state index is 12.5. The number of aromatic nitrogens is 1. The molecule has 1 aromatic rings. The van der Waals surface area contributed by atoms with Crippen molar-refractivity contribution in [3.8, 4) is 11.6 Å². The van der Waals surface area contributed by atoms with Gasteiger partial charge in [0.25, 0.3) is 6.43 Å². The van der Waals surface area contributed by atoms with Gasteiger partial charge in [0.05, 0.1) is 24.8 Å². The molecule has 14 heavy (non-hydrogen) atoms. The molecule has 0 aromatic carbocycles. The van der Waals surface area contributed by atoms with Gasteiger partial charge < -0.3 is 9.84 Å². The first-order chi connectivity index (χ1) is 6.61. The standard InChI is InChI=1S/C8H8ClF2NO2/c1-14-8-4(2-9)6(7(10)11)5(13)3-12-8/h3,7,13H,2H2,1H3. The third kappa shape index (κ3) is 1.87. The lowest BCUT2D eigenvalue weighted by molar-refractivity contribution is 0.145. The fraction of sp³-hybridized carbons (Fsp3) is 0.375. The van der Waals surface area contributed by atoms with Crippen LogP contribution in [0.2, 0.25) is 0 Å². The van der Waals surface area contributed by atoms with Crippen LogP contribution in [-0.2, 0) is 5.88 Å². The molecule has 0 aliphatic rings. The molecule has 0 aliphatic carbocycles. The summed E-state index contributed by atoms with van der Waals surface area (Å²) < 4.78 is 29.7. The Morgan fingerprint density at radius 1 is 1.64 bits per heavy atom. The molecule has 78 valence electrons. The van der Waals surface area contributed by atoms with Gasteiger partial charge in [0.1, 0.15) is 5.75 Å². The zero-order valence-electron chi connectivity index (χ0n) is 7.30. The van der Waals surface area contributed by atoms with Gasteiger partial charge in [-0.25, -0.2) is 13.8 Å². The van der Waals surface area contributed by atoms with Crippen LogP contribution in [0.4, 0.5) is 8.78 Å². The Balaban J connectivity index is 3.35. The van der Waals surface area contributed by atoms with Gasteiger partial charge in [-0.2, -0.15) is 0 Å². The molecular formula is C8H8ClF2NO2. The zero-order chi connectivity index (χ0) is 10.7. The number of methoxy groups -OCH3 is 1. The van der Waals surface area contributed by atoms with Crippen LogP contribution < -0.4 is 4.74 Å². The first-order valence-corrected chi connectivity index (χ1v) is 4.24. The number of halogens is 3. The molecule has 1 aromatic heterocycles. The highest BCUT2D eigenvalue weighted by Crippen LogP contribution is 2.35. The second-order valence-corrected chi connectivity index (χ2v) is 2.75. The first kappa shape index (κ1) is 11.0. The molecule has 3 nitrogen and oxygen atoms in total. The van der Waals surface area contributed by atoms with Crippen LogP contribution in [0.15, 0.2) is 6.20 Å². The molecular weight excluding hydrogens is 216 g/mol. The lowest BCUT2D eigenvalue weighted by Gasteiger charge is -2.11. The van der Waals surface area contributed by atoms with Gasteiger partial charge in [0.2, 0.25) is 5.88 Å². The van der Waals surface area contributed by atoms with E-state index in [1.807, 2.05) is 0 Å². The minimum Gasteiger partial charge on any atom is -0.506 e. The molecule has 0 bridgehead atoms. The van der Waals surface area contributed by atoms with E-state index in [9.17, 15) is 8.78 Å². The normalized spacial score (nSPS) is 10.6. The number of hydrogen-bond donors (Lipinski definition) is 1. The predicted molar refractivity (Wildman–Crippen MR) is 47.0 cm³/mol. The highest BCUT2D eigenvalue weighted by molar-refractivity contribution is 6.17. The Labute approximate surface area is 84.3 Å². The quantitative estimate of drug-likeness (QED) is 0.801. The van der Waals surface area contributed by atoms with Gasteiger partial charge in [0, 0.05) is 5.56 Å². The fourth-order valence-electron chi connectivity index (χ4n) is 1.09. The second kappa shape index (κ2) is 4.41. The minimum atomic E-state index is -2.80. The van der Waals surface area contributed by atoms with Crippen molar-refractivity contribution in [1.29, 1.82) is 0 Å².